The van der Waals surface area contributed by atoms with Crippen LogP contribution in [0.5, 0.6) is 0 Å². The van der Waals surface area contributed by atoms with Gasteiger partial charge < -0.3 is 5.32 Å². The fraction of sp³-hybridized carbons (Fsp3) is 0.385. The summed E-state index contributed by atoms with van der Waals surface area (Å²) in [7, 11) is 0. The molecule has 0 amide bonds. The van der Waals surface area contributed by atoms with E-state index >= 15 is 0 Å². The number of aromatic nitrogens is 2. The molecule has 0 fully saturated rings. The summed E-state index contributed by atoms with van der Waals surface area (Å²) in [5.41, 5.74) is 1.47. The first-order valence-corrected chi connectivity index (χ1v) is 7.67. The third-order valence-electron chi connectivity index (χ3n) is 2.82. The molecule has 3 nitrogen and oxygen atoms in total. The van der Waals surface area contributed by atoms with Crippen molar-refractivity contribution in [2.24, 2.45) is 0 Å². The molecular weight excluding hydrogens is 329 g/mol. The average Bonchev–Trinajstić information content (AvgIpc) is 2.80. The highest BCUT2D eigenvalue weighted by Gasteiger charge is 2.22. The van der Waals surface area contributed by atoms with E-state index in [9.17, 15) is 4.39 Å². The maximum absolute atomic E-state index is 14.1. The summed E-state index contributed by atoms with van der Waals surface area (Å²) < 4.78 is 18.9. The van der Waals surface area contributed by atoms with Crippen molar-refractivity contribution in [3.05, 3.63) is 44.6 Å². The predicted molar refractivity (Wildman–Crippen MR) is 78.9 cm³/mol. The molecule has 0 radical (unpaired) electrons. The molecule has 0 saturated carbocycles. The van der Waals surface area contributed by atoms with Gasteiger partial charge in [0.1, 0.15) is 5.82 Å². The van der Waals surface area contributed by atoms with E-state index in [1.807, 2.05) is 13.0 Å². The maximum atomic E-state index is 14.1. The van der Waals surface area contributed by atoms with Crippen LogP contribution in [-0.2, 0) is 0 Å². The van der Waals surface area contributed by atoms with Crippen LogP contribution >= 0.6 is 27.5 Å². The van der Waals surface area contributed by atoms with Crippen LogP contribution in [0.25, 0.3) is 0 Å². The maximum Gasteiger partial charge on any atom is 0.128 e. The van der Waals surface area contributed by atoms with Crippen LogP contribution in [0.15, 0.2) is 22.7 Å². The van der Waals surface area contributed by atoms with Gasteiger partial charge in [-0.2, -0.15) is 0 Å². The summed E-state index contributed by atoms with van der Waals surface area (Å²) in [6.07, 6.45) is 0.984. The van der Waals surface area contributed by atoms with E-state index in [1.165, 1.54) is 17.6 Å². The van der Waals surface area contributed by atoms with E-state index in [4.69, 9.17) is 0 Å². The van der Waals surface area contributed by atoms with Crippen molar-refractivity contribution < 1.29 is 4.39 Å². The number of nitrogens with zero attached hydrogens (tertiary/aromatic N) is 2. The quantitative estimate of drug-likeness (QED) is 0.896. The lowest BCUT2D eigenvalue weighted by atomic mass is 10.0. The normalized spacial score (nSPS) is 12.6. The molecule has 1 aromatic heterocycles. The minimum Gasteiger partial charge on any atom is -0.305 e. The first-order chi connectivity index (χ1) is 9.13. The van der Waals surface area contributed by atoms with Crippen molar-refractivity contribution in [3.8, 4) is 0 Å². The van der Waals surface area contributed by atoms with Crippen molar-refractivity contribution in [2.45, 2.75) is 26.3 Å². The second kappa shape index (κ2) is 6.54. The number of benzene rings is 1. The van der Waals surface area contributed by atoms with Crippen molar-refractivity contribution in [1.82, 2.24) is 14.9 Å². The fourth-order valence-corrected chi connectivity index (χ4v) is 2.99. The van der Waals surface area contributed by atoms with Crippen molar-refractivity contribution in [1.29, 1.82) is 0 Å². The van der Waals surface area contributed by atoms with Gasteiger partial charge in [-0.25, -0.2) is 4.39 Å². The molecule has 0 aliphatic rings. The van der Waals surface area contributed by atoms with Crippen molar-refractivity contribution in [2.75, 3.05) is 6.54 Å². The van der Waals surface area contributed by atoms with Crippen LogP contribution in [0, 0.1) is 12.7 Å². The van der Waals surface area contributed by atoms with Crippen LogP contribution in [0.4, 0.5) is 4.39 Å². The van der Waals surface area contributed by atoms with Crippen LogP contribution in [0.2, 0.25) is 0 Å². The summed E-state index contributed by atoms with van der Waals surface area (Å²) in [5.74, 6) is -0.218. The van der Waals surface area contributed by atoms with Gasteiger partial charge >= 0.3 is 0 Å². The number of halogens is 2. The van der Waals surface area contributed by atoms with Gasteiger partial charge in [-0.3, -0.25) is 0 Å². The lowest BCUT2D eigenvalue weighted by molar-refractivity contribution is 0.549. The van der Waals surface area contributed by atoms with Gasteiger partial charge in [0, 0.05) is 10.0 Å². The Balaban J connectivity index is 2.42. The molecule has 2 aromatic rings. The highest BCUT2D eigenvalue weighted by molar-refractivity contribution is 9.10. The number of rotatable bonds is 5. The van der Waals surface area contributed by atoms with Gasteiger partial charge in [-0.05, 0) is 49.6 Å². The van der Waals surface area contributed by atoms with E-state index < -0.39 is 0 Å². The summed E-state index contributed by atoms with van der Waals surface area (Å²) in [4.78, 5) is 0.963. The zero-order valence-electron chi connectivity index (χ0n) is 10.8. The Morgan fingerprint density at radius 2 is 2.26 bits per heavy atom. The van der Waals surface area contributed by atoms with Gasteiger partial charge in [0.15, 0.2) is 0 Å². The van der Waals surface area contributed by atoms with Gasteiger partial charge in [-0.15, -0.1) is 5.10 Å². The van der Waals surface area contributed by atoms with E-state index in [-0.39, 0.29) is 11.9 Å². The Morgan fingerprint density at radius 3 is 2.89 bits per heavy atom. The molecule has 1 aromatic carbocycles. The molecule has 0 aliphatic heterocycles. The van der Waals surface area contributed by atoms with Gasteiger partial charge in [0.25, 0.3) is 0 Å². The van der Waals surface area contributed by atoms with Crippen LogP contribution in [0.3, 0.4) is 0 Å². The molecule has 102 valence electrons. The zero-order chi connectivity index (χ0) is 13.8. The first kappa shape index (κ1) is 14.6. The fourth-order valence-electron chi connectivity index (χ4n) is 1.87. The van der Waals surface area contributed by atoms with Gasteiger partial charge in [0.2, 0.25) is 0 Å². The molecule has 0 bridgehead atoms. The molecule has 6 heteroatoms. The molecule has 0 aliphatic carbocycles. The van der Waals surface area contributed by atoms with Crippen molar-refractivity contribution in [3.63, 3.8) is 0 Å². The Labute approximate surface area is 124 Å². The third kappa shape index (κ3) is 3.38. The van der Waals surface area contributed by atoms with Crippen molar-refractivity contribution >= 4 is 27.5 Å². The molecule has 0 saturated heterocycles. The van der Waals surface area contributed by atoms with E-state index in [0.29, 0.717) is 5.56 Å². The lowest BCUT2D eigenvalue weighted by Crippen LogP contribution is -2.24. The number of nitrogens with one attached hydrogen (secondary N) is 1. The van der Waals surface area contributed by atoms with Crippen LogP contribution < -0.4 is 5.32 Å². The van der Waals surface area contributed by atoms with Crippen LogP contribution in [-0.4, -0.2) is 16.1 Å². The number of hydrogen-bond acceptors (Lipinski definition) is 4. The predicted octanol–water partition coefficient (Wildman–Crippen LogP) is 3.84. The standard InChI is InChI=1S/C13H15BrFN3S/c1-3-6-16-12(13-8(2)17-18-19-13)10-7-9(14)4-5-11(10)15/h4-5,7,12,16H,3,6H2,1-2H3. The first-order valence-electron chi connectivity index (χ1n) is 6.10. The topological polar surface area (TPSA) is 37.8 Å². The molecule has 2 rings (SSSR count). The van der Waals surface area contributed by atoms with E-state index in [1.54, 1.807) is 6.07 Å². The molecule has 1 unspecified atom stereocenters. The highest BCUT2D eigenvalue weighted by Crippen LogP contribution is 2.30. The summed E-state index contributed by atoms with van der Waals surface area (Å²) in [5, 5.41) is 7.38. The molecule has 1 heterocycles. The Kier molecular flexibility index (Phi) is 5.01. The van der Waals surface area contributed by atoms with Gasteiger partial charge in [0.05, 0.1) is 16.6 Å². The molecule has 0 spiro atoms. The highest BCUT2D eigenvalue weighted by atomic mass is 79.9. The third-order valence-corrected chi connectivity index (χ3v) is 4.20. The largest absolute Gasteiger partial charge is 0.305 e. The van der Waals surface area contributed by atoms with Crippen LogP contribution in [0.1, 0.15) is 35.5 Å². The minimum absolute atomic E-state index is 0.197. The molecule has 1 atom stereocenters. The minimum atomic E-state index is -0.218. The SMILES string of the molecule is CCCNC(c1cc(Br)ccc1F)c1snnc1C. The van der Waals surface area contributed by atoms with E-state index in [2.05, 4.69) is 37.8 Å². The molecule has 1 N–H and O–H groups in total. The van der Waals surface area contributed by atoms with Gasteiger partial charge in [-0.1, -0.05) is 27.3 Å². The zero-order valence-corrected chi connectivity index (χ0v) is 13.2. The summed E-state index contributed by atoms with van der Waals surface area (Å²) in [6.45, 7) is 4.79. The lowest BCUT2D eigenvalue weighted by Gasteiger charge is -2.18. The molecule has 19 heavy (non-hydrogen) atoms. The molecular formula is C13H15BrFN3S. The van der Waals surface area contributed by atoms with E-state index in [0.717, 1.165) is 28.0 Å². The second-order valence-corrected chi connectivity index (χ2v) is 5.98. The summed E-state index contributed by atoms with van der Waals surface area (Å²) >= 11 is 4.70. The Bertz CT molecular complexity index is 559. The average molecular weight is 344 g/mol. The summed E-state index contributed by atoms with van der Waals surface area (Å²) in [6, 6.07) is 4.79. The smallest absolute Gasteiger partial charge is 0.128 e. The Hall–Kier alpha value is -0.850. The monoisotopic (exact) mass is 343 g/mol. The Morgan fingerprint density at radius 1 is 1.47 bits per heavy atom. The second-order valence-electron chi connectivity index (χ2n) is 4.28. The number of aryl methyl sites for hydroxylation is 1. The number of hydrogen-bond donors (Lipinski definition) is 1.